The third-order valence-corrected chi connectivity index (χ3v) is 5.32. The fourth-order valence-electron chi connectivity index (χ4n) is 4.15. The number of fused-ring (bicyclic) bond motifs is 3. The number of carbonyl (C=O) groups is 1. The van der Waals surface area contributed by atoms with E-state index in [0.717, 1.165) is 31.3 Å². The highest BCUT2D eigenvalue weighted by Crippen LogP contribution is 2.57. The van der Waals surface area contributed by atoms with Gasteiger partial charge in [-0.3, -0.25) is 0 Å². The maximum absolute atomic E-state index is 11.7. The Morgan fingerprint density at radius 2 is 2.11 bits per heavy atom. The quantitative estimate of drug-likeness (QED) is 0.406. The average Bonchev–Trinajstić information content (AvgIpc) is 2.60. The van der Waals surface area contributed by atoms with Crippen molar-refractivity contribution in [3.8, 4) is 0 Å². The van der Waals surface area contributed by atoms with Gasteiger partial charge in [-0.15, -0.1) is 0 Å². The monoisotopic (exact) mass is 248 g/mol. The molecule has 5 atom stereocenters. The molecule has 0 aromatic rings. The second-order valence-corrected chi connectivity index (χ2v) is 6.24. The largest absolute Gasteiger partial charge is 0.458 e. The third-order valence-electron chi connectivity index (χ3n) is 5.32. The molecule has 0 amide bonds. The summed E-state index contributed by atoms with van der Waals surface area (Å²) in [6.45, 7) is 10.1. The van der Waals surface area contributed by atoms with E-state index in [-0.39, 0.29) is 35.4 Å². The SMILES string of the molecule is C=C1C(=O)O[C@@H]2[C@H]1CC[C@]1(C)[C@@H](O)CCC(=C)[C@@H]21. The standard InChI is InChI=1S/C15H20O3/c1-8-4-5-11(16)15(3)7-6-10-9(2)14(17)18-13(10)12(8)15/h10-13,16H,1-2,4-7H2,3H3/t10-,11-,12-,13+,15+/m0/s1. The van der Waals surface area contributed by atoms with E-state index in [0.29, 0.717) is 5.57 Å². The van der Waals surface area contributed by atoms with Crippen molar-refractivity contribution in [3.05, 3.63) is 24.3 Å². The molecule has 3 heteroatoms. The molecule has 1 heterocycles. The highest BCUT2D eigenvalue weighted by atomic mass is 16.6. The van der Waals surface area contributed by atoms with Gasteiger partial charge in [-0.1, -0.05) is 25.7 Å². The van der Waals surface area contributed by atoms with Crippen molar-refractivity contribution in [2.24, 2.45) is 17.3 Å². The number of hydrogen-bond donors (Lipinski definition) is 1. The fourth-order valence-corrected chi connectivity index (χ4v) is 4.15. The van der Waals surface area contributed by atoms with Crippen LogP contribution in [-0.2, 0) is 9.53 Å². The van der Waals surface area contributed by atoms with Gasteiger partial charge in [-0.25, -0.2) is 4.79 Å². The van der Waals surface area contributed by atoms with Gasteiger partial charge in [0.2, 0.25) is 0 Å². The van der Waals surface area contributed by atoms with E-state index in [9.17, 15) is 9.90 Å². The number of hydrogen-bond acceptors (Lipinski definition) is 3. The predicted octanol–water partition coefficient (Wildman–Crippen LogP) is 2.21. The summed E-state index contributed by atoms with van der Waals surface area (Å²) in [5, 5.41) is 10.3. The van der Waals surface area contributed by atoms with Crippen LogP contribution in [0.3, 0.4) is 0 Å². The van der Waals surface area contributed by atoms with Crippen molar-refractivity contribution in [1.29, 1.82) is 0 Å². The lowest BCUT2D eigenvalue weighted by atomic mass is 9.54. The van der Waals surface area contributed by atoms with Crippen molar-refractivity contribution in [2.75, 3.05) is 0 Å². The minimum Gasteiger partial charge on any atom is -0.458 e. The topological polar surface area (TPSA) is 46.5 Å². The molecule has 18 heavy (non-hydrogen) atoms. The van der Waals surface area contributed by atoms with Gasteiger partial charge < -0.3 is 9.84 Å². The van der Waals surface area contributed by atoms with Gasteiger partial charge in [0.25, 0.3) is 0 Å². The minimum atomic E-state index is -0.318. The van der Waals surface area contributed by atoms with Crippen LogP contribution in [0, 0.1) is 17.3 Å². The summed E-state index contributed by atoms with van der Waals surface area (Å²) in [5.74, 6) is -0.0528. The lowest BCUT2D eigenvalue weighted by Gasteiger charge is -2.52. The first-order chi connectivity index (χ1) is 8.45. The number of esters is 1. The molecule has 0 unspecified atom stereocenters. The van der Waals surface area contributed by atoms with Crippen LogP contribution in [-0.4, -0.2) is 23.3 Å². The van der Waals surface area contributed by atoms with Crippen molar-refractivity contribution >= 4 is 5.97 Å². The van der Waals surface area contributed by atoms with E-state index in [4.69, 9.17) is 4.74 Å². The van der Waals surface area contributed by atoms with Gasteiger partial charge in [0, 0.05) is 22.8 Å². The smallest absolute Gasteiger partial charge is 0.334 e. The van der Waals surface area contributed by atoms with Gasteiger partial charge in [-0.05, 0) is 25.7 Å². The van der Waals surface area contributed by atoms with Gasteiger partial charge in [0.05, 0.1) is 6.10 Å². The second kappa shape index (κ2) is 3.70. The molecular formula is C15H20O3. The lowest BCUT2D eigenvalue weighted by Crippen LogP contribution is -2.53. The van der Waals surface area contributed by atoms with E-state index < -0.39 is 0 Å². The number of carbonyl (C=O) groups excluding carboxylic acids is 1. The zero-order valence-corrected chi connectivity index (χ0v) is 10.8. The number of ether oxygens (including phenoxy) is 1. The van der Waals surface area contributed by atoms with Gasteiger partial charge >= 0.3 is 5.97 Å². The Hall–Kier alpha value is -1.09. The first-order valence-corrected chi connectivity index (χ1v) is 6.70. The number of aliphatic hydroxyl groups excluding tert-OH is 1. The molecule has 3 nitrogen and oxygen atoms in total. The van der Waals surface area contributed by atoms with Crippen molar-refractivity contribution in [2.45, 2.75) is 44.8 Å². The summed E-state index contributed by atoms with van der Waals surface area (Å²) in [4.78, 5) is 11.7. The van der Waals surface area contributed by atoms with Crippen molar-refractivity contribution in [3.63, 3.8) is 0 Å². The molecule has 2 aliphatic carbocycles. The summed E-state index contributed by atoms with van der Waals surface area (Å²) in [6.07, 6.45) is 2.93. The summed E-state index contributed by atoms with van der Waals surface area (Å²) >= 11 is 0. The molecular weight excluding hydrogens is 228 g/mol. The number of rotatable bonds is 0. The molecule has 0 aromatic carbocycles. The summed E-state index contributed by atoms with van der Waals surface area (Å²) in [6, 6.07) is 0. The first-order valence-electron chi connectivity index (χ1n) is 6.70. The Bertz CT molecular complexity index is 439. The van der Waals surface area contributed by atoms with Gasteiger partial charge in [0.15, 0.2) is 0 Å². The minimum absolute atomic E-state index is 0.0863. The van der Waals surface area contributed by atoms with Gasteiger partial charge in [-0.2, -0.15) is 0 Å². The van der Waals surface area contributed by atoms with Crippen LogP contribution in [0.25, 0.3) is 0 Å². The number of aliphatic hydroxyl groups is 1. The molecule has 2 saturated carbocycles. The molecule has 0 bridgehead atoms. The normalized spacial score (nSPS) is 47.6. The lowest BCUT2D eigenvalue weighted by molar-refractivity contribution is -0.150. The maximum Gasteiger partial charge on any atom is 0.334 e. The van der Waals surface area contributed by atoms with Crippen molar-refractivity contribution < 1.29 is 14.6 Å². The molecule has 1 N–H and O–H groups in total. The van der Waals surface area contributed by atoms with E-state index in [2.05, 4.69) is 20.1 Å². The van der Waals surface area contributed by atoms with Crippen LogP contribution in [0.1, 0.15) is 32.6 Å². The Morgan fingerprint density at radius 1 is 1.39 bits per heavy atom. The van der Waals surface area contributed by atoms with Crippen LogP contribution in [0.4, 0.5) is 0 Å². The molecule has 0 radical (unpaired) electrons. The summed E-state index contributed by atoms with van der Waals surface area (Å²) < 4.78 is 5.52. The van der Waals surface area contributed by atoms with E-state index in [1.54, 1.807) is 0 Å². The zero-order valence-electron chi connectivity index (χ0n) is 10.8. The second-order valence-electron chi connectivity index (χ2n) is 6.24. The van der Waals surface area contributed by atoms with Crippen LogP contribution >= 0.6 is 0 Å². The molecule has 3 fully saturated rings. The van der Waals surface area contributed by atoms with Crippen LogP contribution in [0.15, 0.2) is 24.3 Å². The van der Waals surface area contributed by atoms with E-state index in [1.807, 2.05) is 0 Å². The van der Waals surface area contributed by atoms with Gasteiger partial charge in [0.1, 0.15) is 6.10 Å². The maximum atomic E-state index is 11.7. The van der Waals surface area contributed by atoms with Crippen molar-refractivity contribution in [1.82, 2.24) is 0 Å². The van der Waals surface area contributed by atoms with E-state index in [1.165, 1.54) is 0 Å². The molecule has 98 valence electrons. The Labute approximate surface area is 108 Å². The molecule has 0 aromatic heterocycles. The summed E-state index contributed by atoms with van der Waals surface area (Å²) in [5.41, 5.74) is 1.54. The zero-order chi connectivity index (χ0) is 13.1. The van der Waals surface area contributed by atoms with Crippen LogP contribution in [0.5, 0.6) is 0 Å². The fraction of sp³-hybridized carbons (Fsp3) is 0.667. The van der Waals surface area contributed by atoms with Crippen LogP contribution < -0.4 is 0 Å². The van der Waals surface area contributed by atoms with Crippen LogP contribution in [0.2, 0.25) is 0 Å². The average molecular weight is 248 g/mol. The summed E-state index contributed by atoms with van der Waals surface area (Å²) in [7, 11) is 0. The molecule has 3 rings (SSSR count). The Balaban J connectivity index is 2.00. The highest BCUT2D eigenvalue weighted by molar-refractivity contribution is 5.91. The van der Waals surface area contributed by atoms with E-state index >= 15 is 0 Å². The Morgan fingerprint density at radius 3 is 2.83 bits per heavy atom. The molecule has 1 saturated heterocycles. The Kier molecular flexibility index (Phi) is 2.46. The molecule has 1 aliphatic heterocycles. The molecule has 3 aliphatic rings. The predicted molar refractivity (Wildman–Crippen MR) is 67.7 cm³/mol. The highest BCUT2D eigenvalue weighted by Gasteiger charge is 2.57. The molecule has 0 spiro atoms. The third kappa shape index (κ3) is 1.37. The first kappa shape index (κ1) is 12.0.